The van der Waals surface area contributed by atoms with Crippen molar-refractivity contribution in [2.75, 3.05) is 18.6 Å². The molecule has 0 radical (unpaired) electrons. The fourth-order valence-corrected chi connectivity index (χ4v) is 3.15. The van der Waals surface area contributed by atoms with Crippen molar-refractivity contribution in [3.05, 3.63) is 83.8 Å². The number of hydrazone groups is 1. The lowest BCUT2D eigenvalue weighted by Gasteiger charge is -2.21. The van der Waals surface area contributed by atoms with Gasteiger partial charge in [0.2, 0.25) is 0 Å². The number of hydrogen-bond donors (Lipinski definition) is 2. The maximum atomic E-state index is 12.9. The van der Waals surface area contributed by atoms with E-state index in [4.69, 9.17) is 14.9 Å². The van der Waals surface area contributed by atoms with Crippen LogP contribution in [-0.4, -0.2) is 29.5 Å². The molecule has 0 saturated carbocycles. The van der Waals surface area contributed by atoms with Crippen LogP contribution in [0.25, 0.3) is 0 Å². The Morgan fingerprint density at radius 1 is 1.20 bits per heavy atom. The van der Waals surface area contributed by atoms with Crippen LogP contribution < -0.4 is 10.5 Å². The Hall–Kier alpha value is -3.19. The zero-order chi connectivity index (χ0) is 21.5. The Bertz CT molecular complexity index is 984. The third-order valence-corrected chi connectivity index (χ3v) is 4.59. The first kappa shape index (κ1) is 21.5. The Morgan fingerprint density at radius 3 is 2.43 bits per heavy atom. The topological polar surface area (TPSA) is 81.1 Å². The molecule has 2 aromatic carbocycles. The Balaban J connectivity index is 0.000000806. The van der Waals surface area contributed by atoms with Crippen molar-refractivity contribution >= 4 is 29.9 Å². The van der Waals surface area contributed by atoms with Gasteiger partial charge < -0.3 is 14.9 Å². The highest BCUT2D eigenvalue weighted by atomic mass is 32.1. The van der Waals surface area contributed by atoms with Crippen LogP contribution in [-0.2, 0) is 0 Å². The molecule has 1 aliphatic rings. The molecule has 1 unspecified atom stereocenters. The van der Waals surface area contributed by atoms with E-state index in [-0.39, 0.29) is 17.7 Å². The summed E-state index contributed by atoms with van der Waals surface area (Å²) in [7, 11) is 1.62. The molecule has 0 fully saturated rings. The molecule has 0 spiro atoms. The van der Waals surface area contributed by atoms with Crippen LogP contribution in [0.5, 0.6) is 5.75 Å². The number of benzene rings is 2. The number of rotatable bonds is 4. The summed E-state index contributed by atoms with van der Waals surface area (Å²) in [5.41, 5.74) is 9.22. The Morgan fingerprint density at radius 2 is 1.87 bits per heavy atom. The fraction of sp³-hybridized carbons (Fsp3) is 0.217. The SMILES string of the molecule is CCS.COc1ccc(C2CC(c3ccc(N)cc3)=NN2C(=O)c2ccco2)cc1. The number of methoxy groups -OCH3 is 1. The van der Waals surface area contributed by atoms with Crippen molar-refractivity contribution in [1.82, 2.24) is 5.01 Å². The molecule has 1 amide bonds. The molecule has 0 bridgehead atoms. The molecule has 7 heteroatoms. The van der Waals surface area contributed by atoms with Crippen molar-refractivity contribution < 1.29 is 13.9 Å². The number of carbonyl (C=O) groups is 1. The van der Waals surface area contributed by atoms with Gasteiger partial charge in [0.25, 0.3) is 0 Å². The minimum Gasteiger partial charge on any atom is -0.497 e. The average Bonchev–Trinajstić information content (AvgIpc) is 3.45. The van der Waals surface area contributed by atoms with Gasteiger partial charge in [-0.3, -0.25) is 4.79 Å². The summed E-state index contributed by atoms with van der Waals surface area (Å²) in [6.07, 6.45) is 2.08. The zero-order valence-electron chi connectivity index (χ0n) is 17.0. The highest BCUT2D eigenvalue weighted by Crippen LogP contribution is 2.34. The zero-order valence-corrected chi connectivity index (χ0v) is 17.9. The third-order valence-electron chi connectivity index (χ3n) is 4.59. The van der Waals surface area contributed by atoms with Crippen LogP contribution in [0.4, 0.5) is 5.69 Å². The number of carbonyl (C=O) groups excluding carboxylic acids is 1. The first-order valence-corrected chi connectivity index (χ1v) is 10.3. The lowest BCUT2D eigenvalue weighted by atomic mass is 9.98. The monoisotopic (exact) mass is 423 g/mol. The second-order valence-electron chi connectivity index (χ2n) is 6.61. The van der Waals surface area contributed by atoms with E-state index in [0.717, 1.165) is 28.3 Å². The maximum absolute atomic E-state index is 12.9. The fourth-order valence-electron chi connectivity index (χ4n) is 3.15. The molecule has 4 rings (SSSR count). The third kappa shape index (κ3) is 4.86. The smallest absolute Gasteiger partial charge is 0.310 e. The van der Waals surface area contributed by atoms with Gasteiger partial charge in [0.1, 0.15) is 5.75 Å². The number of nitrogens with two attached hydrogens (primary N) is 1. The van der Waals surface area contributed by atoms with Crippen LogP contribution in [0.2, 0.25) is 0 Å². The molecule has 1 aliphatic heterocycles. The Kier molecular flexibility index (Phi) is 7.19. The van der Waals surface area contributed by atoms with Gasteiger partial charge in [0.15, 0.2) is 5.76 Å². The maximum Gasteiger partial charge on any atom is 0.310 e. The molecule has 0 saturated heterocycles. The highest BCUT2D eigenvalue weighted by molar-refractivity contribution is 7.80. The van der Waals surface area contributed by atoms with E-state index in [1.165, 1.54) is 11.3 Å². The Labute approximate surface area is 181 Å². The van der Waals surface area contributed by atoms with E-state index in [2.05, 4.69) is 17.7 Å². The number of furan rings is 1. The van der Waals surface area contributed by atoms with Gasteiger partial charge in [-0.05, 0) is 53.3 Å². The van der Waals surface area contributed by atoms with Gasteiger partial charge in [-0.25, -0.2) is 5.01 Å². The molecule has 1 aromatic heterocycles. The second kappa shape index (κ2) is 10.0. The summed E-state index contributed by atoms with van der Waals surface area (Å²) >= 11 is 3.79. The summed E-state index contributed by atoms with van der Waals surface area (Å²) in [4.78, 5) is 12.9. The standard InChI is InChI=1S/C21H19N3O3.C2H6S/c1-26-17-10-6-15(7-11-17)19-13-18(14-4-8-16(22)9-5-14)23-24(19)21(25)20-3-2-12-27-20;1-2-3/h2-12,19H,13,22H2,1H3;3H,2H2,1H3. The molecule has 1 atom stereocenters. The number of ether oxygens (including phenoxy) is 1. The summed E-state index contributed by atoms with van der Waals surface area (Å²) in [6.45, 7) is 1.99. The van der Waals surface area contributed by atoms with Gasteiger partial charge in [0.05, 0.1) is 25.1 Å². The number of hydrogen-bond acceptors (Lipinski definition) is 6. The van der Waals surface area contributed by atoms with Gasteiger partial charge in [-0.15, -0.1) is 0 Å². The second-order valence-corrected chi connectivity index (χ2v) is 7.24. The van der Waals surface area contributed by atoms with Gasteiger partial charge >= 0.3 is 5.91 Å². The van der Waals surface area contributed by atoms with Crippen LogP contribution in [0.3, 0.4) is 0 Å². The van der Waals surface area contributed by atoms with Crippen LogP contribution >= 0.6 is 12.6 Å². The summed E-state index contributed by atoms with van der Waals surface area (Å²) in [5, 5.41) is 6.11. The summed E-state index contributed by atoms with van der Waals surface area (Å²) in [6, 6.07) is 18.3. The van der Waals surface area contributed by atoms with Crippen LogP contribution in [0.15, 0.2) is 76.4 Å². The number of nitrogen functional groups attached to an aromatic ring is 1. The number of anilines is 1. The lowest BCUT2D eigenvalue weighted by Crippen LogP contribution is -2.26. The van der Waals surface area contributed by atoms with E-state index in [1.807, 2.05) is 55.5 Å². The van der Waals surface area contributed by atoms with Crippen molar-refractivity contribution in [3.8, 4) is 5.75 Å². The molecule has 3 aromatic rings. The van der Waals surface area contributed by atoms with E-state index in [1.54, 1.807) is 19.2 Å². The number of thiol groups is 1. The largest absolute Gasteiger partial charge is 0.497 e. The predicted molar refractivity (Wildman–Crippen MR) is 122 cm³/mol. The molecule has 2 heterocycles. The molecular formula is C23H25N3O3S. The highest BCUT2D eigenvalue weighted by Gasteiger charge is 2.34. The number of amides is 1. The van der Waals surface area contributed by atoms with Crippen molar-refractivity contribution in [1.29, 1.82) is 0 Å². The molecule has 2 N–H and O–H groups in total. The number of nitrogens with zero attached hydrogens (tertiary/aromatic N) is 2. The molecule has 0 aliphatic carbocycles. The molecular weight excluding hydrogens is 398 g/mol. The lowest BCUT2D eigenvalue weighted by molar-refractivity contribution is 0.0678. The van der Waals surface area contributed by atoms with Crippen molar-refractivity contribution in [2.45, 2.75) is 19.4 Å². The molecule has 30 heavy (non-hydrogen) atoms. The van der Waals surface area contributed by atoms with E-state index in [9.17, 15) is 4.79 Å². The molecule has 6 nitrogen and oxygen atoms in total. The predicted octanol–water partition coefficient (Wildman–Crippen LogP) is 4.80. The summed E-state index contributed by atoms with van der Waals surface area (Å²) < 4.78 is 10.5. The van der Waals surface area contributed by atoms with E-state index in [0.29, 0.717) is 12.1 Å². The van der Waals surface area contributed by atoms with Gasteiger partial charge in [-0.1, -0.05) is 31.2 Å². The average molecular weight is 424 g/mol. The van der Waals surface area contributed by atoms with Gasteiger partial charge in [-0.2, -0.15) is 17.7 Å². The molecule has 156 valence electrons. The normalized spacial score (nSPS) is 15.2. The van der Waals surface area contributed by atoms with E-state index >= 15 is 0 Å². The first-order chi connectivity index (χ1) is 14.6. The quantitative estimate of drug-likeness (QED) is 0.467. The first-order valence-electron chi connectivity index (χ1n) is 9.62. The van der Waals surface area contributed by atoms with E-state index < -0.39 is 0 Å². The van der Waals surface area contributed by atoms with Crippen LogP contribution in [0.1, 0.15) is 41.1 Å². The van der Waals surface area contributed by atoms with Crippen molar-refractivity contribution in [3.63, 3.8) is 0 Å². The minimum absolute atomic E-state index is 0.221. The minimum atomic E-state index is -0.272. The van der Waals surface area contributed by atoms with Crippen LogP contribution in [0, 0.1) is 0 Å². The summed E-state index contributed by atoms with van der Waals surface area (Å²) in [5.74, 6) is 1.70. The van der Waals surface area contributed by atoms with Gasteiger partial charge in [0, 0.05) is 12.1 Å². The van der Waals surface area contributed by atoms with Crippen molar-refractivity contribution in [2.24, 2.45) is 5.10 Å².